The predicted molar refractivity (Wildman–Crippen MR) is 110 cm³/mol. The average Bonchev–Trinajstić information content (AvgIpc) is 2.99. The molecule has 6 nitrogen and oxygen atoms in total. The Morgan fingerprint density at radius 2 is 1.83 bits per heavy atom. The van der Waals surface area contributed by atoms with Crippen LogP contribution in [-0.4, -0.2) is 48.2 Å². The van der Waals surface area contributed by atoms with E-state index in [1.807, 2.05) is 17.9 Å². The largest absolute Gasteiger partial charge is 0.490 e. The van der Waals surface area contributed by atoms with Crippen LogP contribution in [0.15, 0.2) is 48.5 Å². The molecule has 0 aromatic heterocycles. The fourth-order valence-corrected chi connectivity index (χ4v) is 3.71. The van der Waals surface area contributed by atoms with Crippen molar-refractivity contribution in [2.24, 2.45) is 0 Å². The molecule has 1 heterocycles. The summed E-state index contributed by atoms with van der Waals surface area (Å²) in [5.41, 5.74) is 1.86. The fraction of sp³-hybridized carbons (Fsp3) is 0.391. The number of nitrogens with zero attached hydrogens (tertiary/aromatic N) is 1. The van der Waals surface area contributed by atoms with Crippen LogP contribution in [0.25, 0.3) is 0 Å². The maximum atomic E-state index is 13.1. The summed E-state index contributed by atoms with van der Waals surface area (Å²) in [6.07, 6.45) is 2.97. The maximum absolute atomic E-state index is 13.1. The Bertz CT molecular complexity index is 836. The quantitative estimate of drug-likeness (QED) is 0.765. The fourth-order valence-electron chi connectivity index (χ4n) is 3.71. The molecule has 1 aliphatic rings. The van der Waals surface area contributed by atoms with Gasteiger partial charge in [0.2, 0.25) is 0 Å². The number of likely N-dealkylation sites (tertiary alicyclic amines) is 1. The number of benzene rings is 2. The van der Waals surface area contributed by atoms with Gasteiger partial charge in [0, 0.05) is 18.7 Å². The summed E-state index contributed by atoms with van der Waals surface area (Å²) >= 11 is 0. The lowest BCUT2D eigenvalue weighted by Gasteiger charge is -2.21. The molecule has 0 radical (unpaired) electrons. The Kier molecular flexibility index (Phi) is 7.11. The summed E-state index contributed by atoms with van der Waals surface area (Å²) in [4.78, 5) is 25.7. The third kappa shape index (κ3) is 5.50. The van der Waals surface area contributed by atoms with Crippen LogP contribution in [0.1, 0.15) is 48.0 Å². The van der Waals surface area contributed by atoms with Gasteiger partial charge in [-0.05, 0) is 55.9 Å². The number of hydrogen-bond donors (Lipinski definition) is 1. The first kappa shape index (κ1) is 20.7. The first-order valence-corrected chi connectivity index (χ1v) is 10.0. The third-order valence-electron chi connectivity index (χ3n) is 5.13. The van der Waals surface area contributed by atoms with Gasteiger partial charge in [-0.15, -0.1) is 0 Å². The number of amides is 1. The summed E-state index contributed by atoms with van der Waals surface area (Å²) < 4.78 is 10.8. The second-order valence-electron chi connectivity index (χ2n) is 7.11. The Morgan fingerprint density at radius 3 is 2.55 bits per heavy atom. The molecular weight excluding hydrogens is 370 g/mol. The number of carboxylic acids is 1. The van der Waals surface area contributed by atoms with Crippen LogP contribution in [0.5, 0.6) is 11.5 Å². The lowest BCUT2D eigenvalue weighted by Crippen LogP contribution is -2.32. The van der Waals surface area contributed by atoms with Gasteiger partial charge < -0.3 is 19.5 Å². The Morgan fingerprint density at radius 1 is 1.03 bits per heavy atom. The molecule has 2 aromatic carbocycles. The van der Waals surface area contributed by atoms with Gasteiger partial charge in [-0.1, -0.05) is 30.3 Å². The number of rotatable bonds is 7. The zero-order chi connectivity index (χ0) is 20.6. The van der Waals surface area contributed by atoms with Crippen LogP contribution in [0.3, 0.4) is 0 Å². The number of ether oxygens (including phenoxy) is 2. The number of carbonyl (C=O) groups is 2. The van der Waals surface area contributed by atoms with Crippen molar-refractivity contribution >= 4 is 11.9 Å². The molecule has 1 N–H and O–H groups in total. The van der Waals surface area contributed by atoms with Gasteiger partial charge in [0.05, 0.1) is 6.61 Å². The number of aliphatic carboxylic acids is 1. The molecule has 0 bridgehead atoms. The van der Waals surface area contributed by atoms with E-state index in [9.17, 15) is 9.59 Å². The highest BCUT2D eigenvalue weighted by Gasteiger charge is 2.23. The van der Waals surface area contributed by atoms with Gasteiger partial charge >= 0.3 is 5.97 Å². The predicted octanol–water partition coefficient (Wildman–Crippen LogP) is 3.96. The summed E-state index contributed by atoms with van der Waals surface area (Å²) in [7, 11) is 0. The highest BCUT2D eigenvalue weighted by Crippen LogP contribution is 2.31. The second kappa shape index (κ2) is 9.96. The van der Waals surface area contributed by atoms with E-state index >= 15 is 0 Å². The summed E-state index contributed by atoms with van der Waals surface area (Å²) in [6.45, 7) is 3.20. The van der Waals surface area contributed by atoms with Crippen LogP contribution in [0.4, 0.5) is 0 Å². The number of carboxylic acid groups (broad SMARTS) is 1. The SMILES string of the molecule is CCOc1cc(C(=O)N2CCCC(c3ccccc3)CC2)ccc1OCC(=O)O. The minimum atomic E-state index is -1.06. The van der Waals surface area contributed by atoms with Crippen LogP contribution in [0.2, 0.25) is 0 Å². The molecule has 3 rings (SSSR count). The molecule has 29 heavy (non-hydrogen) atoms. The van der Waals surface area contributed by atoms with E-state index in [0.717, 1.165) is 25.8 Å². The molecule has 0 aliphatic carbocycles. The molecule has 1 aliphatic heterocycles. The van der Waals surface area contributed by atoms with Crippen molar-refractivity contribution in [3.8, 4) is 11.5 Å². The van der Waals surface area contributed by atoms with Crippen molar-refractivity contribution in [1.29, 1.82) is 0 Å². The van der Waals surface area contributed by atoms with E-state index in [2.05, 4.69) is 24.3 Å². The van der Waals surface area contributed by atoms with Crippen molar-refractivity contribution in [1.82, 2.24) is 4.90 Å². The van der Waals surface area contributed by atoms with Gasteiger partial charge in [-0.3, -0.25) is 4.79 Å². The monoisotopic (exact) mass is 397 g/mol. The molecule has 1 fully saturated rings. The molecule has 2 aromatic rings. The lowest BCUT2D eigenvalue weighted by molar-refractivity contribution is -0.139. The van der Waals surface area contributed by atoms with Crippen LogP contribution >= 0.6 is 0 Å². The molecule has 0 spiro atoms. The van der Waals surface area contributed by atoms with Crippen molar-refractivity contribution in [2.75, 3.05) is 26.3 Å². The van der Waals surface area contributed by atoms with E-state index in [0.29, 0.717) is 36.1 Å². The third-order valence-corrected chi connectivity index (χ3v) is 5.13. The van der Waals surface area contributed by atoms with Gasteiger partial charge in [0.25, 0.3) is 5.91 Å². The van der Waals surface area contributed by atoms with E-state index in [1.54, 1.807) is 18.2 Å². The normalized spacial score (nSPS) is 16.7. The van der Waals surface area contributed by atoms with Crippen LogP contribution < -0.4 is 9.47 Å². The second-order valence-corrected chi connectivity index (χ2v) is 7.11. The van der Waals surface area contributed by atoms with Crippen molar-refractivity contribution < 1.29 is 24.2 Å². The maximum Gasteiger partial charge on any atom is 0.341 e. The molecular formula is C23H27NO5. The summed E-state index contributed by atoms with van der Waals surface area (Å²) in [5.74, 6) is 0.0803. The molecule has 1 atom stereocenters. The lowest BCUT2D eigenvalue weighted by atomic mass is 9.92. The minimum absolute atomic E-state index is 0.0375. The summed E-state index contributed by atoms with van der Waals surface area (Å²) in [6, 6.07) is 15.4. The van der Waals surface area contributed by atoms with Crippen molar-refractivity contribution in [3.63, 3.8) is 0 Å². The van der Waals surface area contributed by atoms with E-state index in [4.69, 9.17) is 14.6 Å². The Balaban J connectivity index is 1.70. The van der Waals surface area contributed by atoms with Crippen LogP contribution in [0, 0.1) is 0 Å². The zero-order valence-electron chi connectivity index (χ0n) is 16.7. The number of hydrogen-bond acceptors (Lipinski definition) is 4. The molecule has 1 saturated heterocycles. The van der Waals surface area contributed by atoms with E-state index in [-0.39, 0.29) is 5.91 Å². The first-order valence-electron chi connectivity index (χ1n) is 10.0. The molecule has 0 saturated carbocycles. The first-order chi connectivity index (χ1) is 14.1. The van der Waals surface area contributed by atoms with Crippen molar-refractivity contribution in [2.45, 2.75) is 32.1 Å². The number of carbonyl (C=O) groups excluding carboxylic acids is 1. The molecule has 1 amide bonds. The van der Waals surface area contributed by atoms with Crippen molar-refractivity contribution in [3.05, 3.63) is 59.7 Å². The van der Waals surface area contributed by atoms with Crippen LogP contribution in [-0.2, 0) is 4.79 Å². The van der Waals surface area contributed by atoms with Gasteiger partial charge in [0.1, 0.15) is 0 Å². The van der Waals surface area contributed by atoms with Gasteiger partial charge in [0.15, 0.2) is 18.1 Å². The average molecular weight is 397 g/mol. The smallest absolute Gasteiger partial charge is 0.341 e. The van der Waals surface area contributed by atoms with E-state index < -0.39 is 12.6 Å². The highest BCUT2D eigenvalue weighted by atomic mass is 16.5. The van der Waals surface area contributed by atoms with E-state index in [1.165, 1.54) is 5.56 Å². The summed E-state index contributed by atoms with van der Waals surface area (Å²) in [5, 5.41) is 8.81. The van der Waals surface area contributed by atoms with Gasteiger partial charge in [-0.2, -0.15) is 0 Å². The Hall–Kier alpha value is -3.02. The minimum Gasteiger partial charge on any atom is -0.490 e. The zero-order valence-corrected chi connectivity index (χ0v) is 16.7. The topological polar surface area (TPSA) is 76.1 Å². The Labute approximate surface area is 171 Å². The highest BCUT2D eigenvalue weighted by molar-refractivity contribution is 5.95. The molecule has 154 valence electrons. The standard InChI is InChI=1S/C23H27NO5/c1-2-28-21-15-19(10-11-20(21)29-16-22(25)26)23(27)24-13-6-9-18(12-14-24)17-7-4-3-5-8-17/h3-5,7-8,10-11,15,18H,2,6,9,12-14,16H2,1H3,(H,25,26). The molecule has 1 unspecified atom stereocenters. The molecule has 6 heteroatoms. The van der Waals surface area contributed by atoms with Gasteiger partial charge in [-0.25, -0.2) is 4.79 Å².